The van der Waals surface area contributed by atoms with E-state index in [1.807, 2.05) is 87.5 Å². The maximum atomic E-state index is 13.9. The van der Waals surface area contributed by atoms with E-state index >= 15 is 0 Å². The number of hydrogen-bond donors (Lipinski definition) is 1. The molecule has 10 nitrogen and oxygen atoms in total. The molecule has 0 amide bonds. The zero-order valence-electron chi connectivity index (χ0n) is 25.6. The molecule has 3 aromatic carbocycles. The molecule has 0 radical (unpaired) electrons. The summed E-state index contributed by atoms with van der Waals surface area (Å²) in [6.07, 6.45) is -0.582. The van der Waals surface area contributed by atoms with Gasteiger partial charge in [-0.3, -0.25) is 4.79 Å². The van der Waals surface area contributed by atoms with E-state index in [9.17, 15) is 9.59 Å². The van der Waals surface area contributed by atoms with Crippen molar-refractivity contribution in [2.45, 2.75) is 54.3 Å². The molecule has 0 saturated carbocycles. The molecule has 2 heterocycles. The van der Waals surface area contributed by atoms with Crippen LogP contribution in [0.25, 0.3) is 33.4 Å². The third-order valence-corrected chi connectivity index (χ3v) is 6.96. The summed E-state index contributed by atoms with van der Waals surface area (Å²) < 4.78 is 17.9. The van der Waals surface area contributed by atoms with Crippen LogP contribution in [0, 0.1) is 11.3 Å². The maximum absolute atomic E-state index is 13.9. The van der Waals surface area contributed by atoms with Crippen molar-refractivity contribution in [2.75, 3.05) is 0 Å². The van der Waals surface area contributed by atoms with E-state index in [1.54, 1.807) is 26.8 Å². The van der Waals surface area contributed by atoms with Crippen LogP contribution >= 0.6 is 0 Å². The van der Waals surface area contributed by atoms with Gasteiger partial charge in [0.1, 0.15) is 11.3 Å². The molecule has 1 atom stereocenters. The van der Waals surface area contributed by atoms with E-state index in [0.717, 1.165) is 16.7 Å². The third-order valence-electron chi connectivity index (χ3n) is 6.96. The van der Waals surface area contributed by atoms with Crippen LogP contribution in [0.4, 0.5) is 0 Å². The first kappa shape index (κ1) is 30.3. The highest BCUT2D eigenvalue weighted by atomic mass is 16.7. The van der Waals surface area contributed by atoms with Crippen molar-refractivity contribution in [1.29, 1.82) is 0 Å². The van der Waals surface area contributed by atoms with Crippen molar-refractivity contribution in [3.8, 4) is 34.0 Å². The molecule has 0 spiro atoms. The number of pyridine rings is 1. The van der Waals surface area contributed by atoms with Gasteiger partial charge in [-0.2, -0.15) is 5.21 Å². The van der Waals surface area contributed by atoms with Gasteiger partial charge in [0.05, 0.1) is 16.6 Å². The van der Waals surface area contributed by atoms with Gasteiger partial charge in [-0.15, -0.1) is 10.2 Å². The Bertz CT molecular complexity index is 1780. The molecule has 1 unspecified atom stereocenters. The summed E-state index contributed by atoms with van der Waals surface area (Å²) >= 11 is 0. The number of tetrazole rings is 1. The second-order valence-electron chi connectivity index (χ2n) is 11.7. The molecule has 5 aromatic rings. The number of ether oxygens (including phenoxy) is 3. The lowest BCUT2D eigenvalue weighted by molar-refractivity contribution is -0.184. The lowest BCUT2D eigenvalue weighted by atomic mass is 9.97. The van der Waals surface area contributed by atoms with Crippen molar-refractivity contribution in [3.05, 3.63) is 84.1 Å². The number of benzene rings is 3. The Morgan fingerprint density at radius 2 is 1.57 bits per heavy atom. The van der Waals surface area contributed by atoms with Gasteiger partial charge in [0.15, 0.2) is 5.75 Å². The Kier molecular flexibility index (Phi) is 8.71. The molecule has 2 aromatic heterocycles. The fourth-order valence-corrected chi connectivity index (χ4v) is 4.57. The van der Waals surface area contributed by atoms with Crippen LogP contribution in [0.5, 0.6) is 11.5 Å². The Balaban J connectivity index is 1.51. The highest BCUT2D eigenvalue weighted by Gasteiger charge is 2.32. The first-order valence-electron chi connectivity index (χ1n) is 14.5. The minimum absolute atomic E-state index is 0.219. The summed E-state index contributed by atoms with van der Waals surface area (Å²) in [6, 6.07) is 22.6. The van der Waals surface area contributed by atoms with Gasteiger partial charge in [-0.05, 0) is 61.7 Å². The average Bonchev–Trinajstić information content (AvgIpc) is 3.55. The third kappa shape index (κ3) is 6.44. The number of carbonyl (C=O) groups excluding carboxylic acids is 2. The molecule has 0 saturated heterocycles. The lowest BCUT2D eigenvalue weighted by Crippen LogP contribution is -2.34. The minimum Gasteiger partial charge on any atom is -0.455 e. The van der Waals surface area contributed by atoms with Gasteiger partial charge < -0.3 is 14.2 Å². The second-order valence-corrected chi connectivity index (χ2v) is 11.7. The number of aromatic nitrogens is 5. The Morgan fingerprint density at radius 1 is 0.886 bits per heavy atom. The molecule has 0 aliphatic rings. The van der Waals surface area contributed by atoms with E-state index in [0.29, 0.717) is 40.3 Å². The summed E-state index contributed by atoms with van der Waals surface area (Å²) in [5.41, 5.74) is 3.36. The highest BCUT2D eigenvalue weighted by Crippen LogP contribution is 2.37. The fourth-order valence-electron chi connectivity index (χ4n) is 4.57. The van der Waals surface area contributed by atoms with Crippen molar-refractivity contribution in [1.82, 2.24) is 25.6 Å². The Morgan fingerprint density at radius 3 is 2.20 bits per heavy atom. The first-order valence-corrected chi connectivity index (χ1v) is 14.5. The molecule has 0 aliphatic carbocycles. The highest BCUT2D eigenvalue weighted by molar-refractivity contribution is 6.06. The minimum atomic E-state index is -1.09. The zero-order chi connectivity index (χ0) is 31.4. The molecule has 0 bridgehead atoms. The van der Waals surface area contributed by atoms with Gasteiger partial charge in [0, 0.05) is 16.9 Å². The molecule has 0 aliphatic heterocycles. The molecular weight excluding hydrogens is 558 g/mol. The van der Waals surface area contributed by atoms with Crippen molar-refractivity contribution < 1.29 is 23.8 Å². The van der Waals surface area contributed by atoms with Crippen LogP contribution in [-0.4, -0.2) is 43.8 Å². The smallest absolute Gasteiger partial charge is 0.345 e. The van der Waals surface area contributed by atoms with Crippen LogP contribution in [0.15, 0.2) is 72.8 Å². The van der Waals surface area contributed by atoms with Gasteiger partial charge in [0.25, 0.3) is 0 Å². The molecule has 10 heteroatoms. The topological polar surface area (TPSA) is 129 Å². The zero-order valence-corrected chi connectivity index (χ0v) is 25.6. The van der Waals surface area contributed by atoms with Crippen LogP contribution in [0.2, 0.25) is 0 Å². The number of aromatic amines is 1. The van der Waals surface area contributed by atoms with E-state index in [1.165, 1.54) is 0 Å². The van der Waals surface area contributed by atoms with E-state index in [4.69, 9.17) is 19.2 Å². The largest absolute Gasteiger partial charge is 0.455 e. The number of rotatable bonds is 9. The fraction of sp³-hybridized carbons (Fsp3) is 0.294. The van der Waals surface area contributed by atoms with Gasteiger partial charge in [-0.25, -0.2) is 9.78 Å². The number of nitrogens with one attached hydrogen (secondary N) is 1. The maximum Gasteiger partial charge on any atom is 0.345 e. The first-order chi connectivity index (χ1) is 21.1. The number of carbonyl (C=O) groups is 2. The summed E-state index contributed by atoms with van der Waals surface area (Å²) in [5, 5.41) is 15.0. The monoisotopic (exact) mass is 593 g/mol. The quantitative estimate of drug-likeness (QED) is 0.140. The number of aryl methyl sites for hydroxylation is 1. The number of H-pyrrole nitrogens is 1. The molecule has 1 N–H and O–H groups in total. The van der Waals surface area contributed by atoms with Crippen LogP contribution in [-0.2, 0) is 20.7 Å². The number of nitrogens with zero attached hydrogens (tertiary/aromatic N) is 4. The summed E-state index contributed by atoms with van der Waals surface area (Å²) in [4.78, 5) is 31.4. The van der Waals surface area contributed by atoms with E-state index in [2.05, 4.69) is 20.6 Å². The summed E-state index contributed by atoms with van der Waals surface area (Å²) in [7, 11) is 0. The lowest BCUT2D eigenvalue weighted by Gasteiger charge is -2.26. The Hall–Kier alpha value is -5.12. The number of esters is 2. The molecule has 0 fully saturated rings. The van der Waals surface area contributed by atoms with Crippen molar-refractivity contribution >= 4 is 22.8 Å². The van der Waals surface area contributed by atoms with Crippen LogP contribution in [0.3, 0.4) is 0 Å². The van der Waals surface area contributed by atoms with Gasteiger partial charge in [-0.1, -0.05) is 75.4 Å². The predicted octanol–water partition coefficient (Wildman–Crippen LogP) is 7.16. The predicted molar refractivity (Wildman–Crippen MR) is 166 cm³/mol. The SMILES string of the molecule is CCc1nc2ccccc2c(C(=O)OC(OC(=O)C(C)(C)C)C(C)C)c1Oc1ccc(-c2ccccc2-c2nn[nH]n2)cc1. The van der Waals surface area contributed by atoms with Gasteiger partial charge in [0.2, 0.25) is 12.1 Å². The molecular formula is C34H35N5O5. The summed E-state index contributed by atoms with van der Waals surface area (Å²) in [5.74, 6) is -0.121. The van der Waals surface area contributed by atoms with Crippen molar-refractivity contribution in [3.63, 3.8) is 0 Å². The Labute approximate surface area is 255 Å². The van der Waals surface area contributed by atoms with Crippen LogP contribution < -0.4 is 4.74 Å². The second kappa shape index (κ2) is 12.6. The van der Waals surface area contributed by atoms with E-state index in [-0.39, 0.29) is 11.5 Å². The molecule has 44 heavy (non-hydrogen) atoms. The number of hydrogen-bond acceptors (Lipinski definition) is 9. The summed E-state index contributed by atoms with van der Waals surface area (Å²) in [6.45, 7) is 10.8. The van der Waals surface area contributed by atoms with Crippen molar-refractivity contribution in [2.24, 2.45) is 11.3 Å². The number of fused-ring (bicyclic) bond motifs is 1. The van der Waals surface area contributed by atoms with Gasteiger partial charge >= 0.3 is 11.9 Å². The molecule has 226 valence electrons. The van der Waals surface area contributed by atoms with Crippen LogP contribution in [0.1, 0.15) is 57.6 Å². The standard InChI is InChI=1S/C34H35N5O5/c1-7-26-29(42-22-18-16-21(17-19-22)23-12-8-9-13-24(23)30-36-38-39-37-30)28(25-14-10-11-15-27(25)35-26)31(40)43-32(20(2)3)44-33(41)34(4,5)6/h8-20,32H,7H2,1-6H3,(H,36,37,38,39). The molecule has 5 rings (SSSR count). The van der Waals surface area contributed by atoms with E-state index < -0.39 is 23.6 Å². The normalized spacial score (nSPS) is 12.2. The number of para-hydroxylation sites is 1. The average molecular weight is 594 g/mol.